The van der Waals surface area contributed by atoms with E-state index in [0.717, 1.165) is 28.7 Å². The van der Waals surface area contributed by atoms with Crippen LogP contribution >= 0.6 is 15.9 Å². The summed E-state index contributed by atoms with van der Waals surface area (Å²) in [5.41, 5.74) is 1.84. The second kappa shape index (κ2) is 7.57. The summed E-state index contributed by atoms with van der Waals surface area (Å²) in [5.74, 6) is 0.611. The number of carbonyl (C=O) groups is 1. The number of halogens is 1. The molecular formula is C17H18BrN3O2. The van der Waals surface area contributed by atoms with E-state index in [1.54, 1.807) is 12.3 Å². The molecule has 2 aromatic rings. The highest BCUT2D eigenvalue weighted by molar-refractivity contribution is 9.10. The molecule has 5 nitrogen and oxygen atoms in total. The van der Waals surface area contributed by atoms with Crippen LogP contribution in [-0.2, 0) is 9.53 Å². The highest BCUT2D eigenvalue weighted by Crippen LogP contribution is 2.21. The molecule has 1 aliphatic heterocycles. The van der Waals surface area contributed by atoms with E-state index < -0.39 is 0 Å². The van der Waals surface area contributed by atoms with Gasteiger partial charge < -0.3 is 15.4 Å². The molecule has 0 unspecified atom stereocenters. The van der Waals surface area contributed by atoms with Gasteiger partial charge in [0.25, 0.3) is 0 Å². The van der Waals surface area contributed by atoms with Gasteiger partial charge in [-0.2, -0.15) is 0 Å². The van der Waals surface area contributed by atoms with Gasteiger partial charge in [0.15, 0.2) is 0 Å². The topological polar surface area (TPSA) is 63.2 Å². The molecule has 6 heteroatoms. The van der Waals surface area contributed by atoms with Gasteiger partial charge in [0, 0.05) is 29.3 Å². The fourth-order valence-electron chi connectivity index (χ4n) is 2.46. The van der Waals surface area contributed by atoms with E-state index in [0.29, 0.717) is 19.0 Å². The third kappa shape index (κ3) is 4.53. The molecule has 23 heavy (non-hydrogen) atoms. The predicted molar refractivity (Wildman–Crippen MR) is 93.8 cm³/mol. The normalized spacial score (nSPS) is 15.2. The third-order valence-corrected chi connectivity index (χ3v) is 4.21. The van der Waals surface area contributed by atoms with Crippen LogP contribution < -0.4 is 10.6 Å². The lowest BCUT2D eigenvalue weighted by atomic mass is 9.99. The first-order valence-corrected chi connectivity index (χ1v) is 8.37. The van der Waals surface area contributed by atoms with Gasteiger partial charge in [0.05, 0.1) is 11.9 Å². The number of aromatic nitrogens is 1. The second-order valence-corrected chi connectivity index (χ2v) is 6.36. The number of nitrogens with one attached hydrogen (secondary N) is 2. The molecule has 0 atom stereocenters. The Bertz CT molecular complexity index is 670. The van der Waals surface area contributed by atoms with Gasteiger partial charge >= 0.3 is 0 Å². The average molecular weight is 376 g/mol. The van der Waals surface area contributed by atoms with Crippen LogP contribution in [0, 0.1) is 5.92 Å². The number of ether oxygens (including phenoxy) is 1. The molecule has 3 rings (SSSR count). The summed E-state index contributed by atoms with van der Waals surface area (Å²) in [6.45, 7) is 1.31. The van der Waals surface area contributed by atoms with Crippen molar-refractivity contribution in [1.29, 1.82) is 0 Å². The minimum atomic E-state index is 0.0185. The Morgan fingerprint density at radius 1 is 1.17 bits per heavy atom. The zero-order chi connectivity index (χ0) is 16.1. The fourth-order valence-corrected chi connectivity index (χ4v) is 2.86. The highest BCUT2D eigenvalue weighted by atomic mass is 79.9. The Kier molecular flexibility index (Phi) is 5.25. The first-order chi connectivity index (χ1) is 11.2. The van der Waals surface area contributed by atoms with Crippen molar-refractivity contribution in [3.05, 3.63) is 47.1 Å². The van der Waals surface area contributed by atoms with E-state index in [1.807, 2.05) is 30.3 Å². The van der Waals surface area contributed by atoms with Crippen molar-refractivity contribution in [3.63, 3.8) is 0 Å². The number of benzene rings is 1. The summed E-state index contributed by atoms with van der Waals surface area (Å²) in [5, 5.41) is 6.14. The maximum atomic E-state index is 12.2. The lowest BCUT2D eigenvalue weighted by molar-refractivity contribution is -0.122. The third-order valence-electron chi connectivity index (χ3n) is 3.72. The predicted octanol–water partition coefficient (Wildman–Crippen LogP) is 3.95. The van der Waals surface area contributed by atoms with E-state index in [4.69, 9.17) is 4.74 Å². The zero-order valence-electron chi connectivity index (χ0n) is 12.6. The molecule has 1 amide bonds. The molecule has 0 radical (unpaired) electrons. The van der Waals surface area contributed by atoms with Gasteiger partial charge in [-0.3, -0.25) is 4.79 Å². The zero-order valence-corrected chi connectivity index (χ0v) is 14.2. The van der Waals surface area contributed by atoms with Crippen LogP contribution in [0.3, 0.4) is 0 Å². The van der Waals surface area contributed by atoms with Crippen LogP contribution in [0.2, 0.25) is 0 Å². The van der Waals surface area contributed by atoms with Gasteiger partial charge in [-0.25, -0.2) is 4.98 Å². The van der Waals surface area contributed by atoms with E-state index in [9.17, 15) is 4.79 Å². The highest BCUT2D eigenvalue weighted by Gasteiger charge is 2.21. The van der Waals surface area contributed by atoms with Crippen molar-refractivity contribution in [1.82, 2.24) is 4.98 Å². The van der Waals surface area contributed by atoms with Gasteiger partial charge in [-0.15, -0.1) is 0 Å². The van der Waals surface area contributed by atoms with Crippen molar-refractivity contribution in [2.75, 3.05) is 23.8 Å². The minimum absolute atomic E-state index is 0.0185. The number of nitrogens with zero attached hydrogens (tertiary/aromatic N) is 1. The smallest absolute Gasteiger partial charge is 0.228 e. The standard InChI is InChI=1S/C17H18BrN3O2/c18-13-2-1-3-14(10-13)20-15-4-5-16(19-11-15)21-17(22)12-6-8-23-9-7-12/h1-5,10-12,20H,6-9H2,(H,19,21,22). The van der Waals surface area contributed by atoms with Crippen molar-refractivity contribution >= 4 is 39.0 Å². The van der Waals surface area contributed by atoms with Gasteiger partial charge in [0.2, 0.25) is 5.91 Å². The van der Waals surface area contributed by atoms with E-state index in [-0.39, 0.29) is 11.8 Å². The quantitative estimate of drug-likeness (QED) is 0.848. The van der Waals surface area contributed by atoms with E-state index >= 15 is 0 Å². The maximum absolute atomic E-state index is 12.2. The number of pyridine rings is 1. The molecule has 0 spiro atoms. The molecule has 1 aromatic carbocycles. The van der Waals surface area contributed by atoms with E-state index in [1.165, 1.54) is 0 Å². The number of hydrogen-bond donors (Lipinski definition) is 2. The number of rotatable bonds is 4. The number of amides is 1. The number of hydrogen-bond acceptors (Lipinski definition) is 4. The van der Waals surface area contributed by atoms with E-state index in [2.05, 4.69) is 31.5 Å². The summed E-state index contributed by atoms with van der Waals surface area (Å²) in [6, 6.07) is 11.6. The Labute approximate surface area is 143 Å². The molecule has 2 N–H and O–H groups in total. The summed E-state index contributed by atoms with van der Waals surface area (Å²) in [4.78, 5) is 16.4. The molecule has 1 saturated heterocycles. The van der Waals surface area contributed by atoms with Crippen molar-refractivity contribution in [3.8, 4) is 0 Å². The van der Waals surface area contributed by atoms with Crippen LogP contribution in [-0.4, -0.2) is 24.1 Å². The Balaban J connectivity index is 1.59. The van der Waals surface area contributed by atoms with Crippen LogP contribution in [0.1, 0.15) is 12.8 Å². The van der Waals surface area contributed by atoms with Crippen LogP contribution in [0.25, 0.3) is 0 Å². The lowest BCUT2D eigenvalue weighted by Gasteiger charge is -2.20. The van der Waals surface area contributed by atoms with Gasteiger partial charge in [-0.1, -0.05) is 22.0 Å². The Hall–Kier alpha value is -1.92. The largest absolute Gasteiger partial charge is 0.381 e. The first kappa shape index (κ1) is 16.0. The molecule has 0 saturated carbocycles. The maximum Gasteiger partial charge on any atom is 0.228 e. The van der Waals surface area contributed by atoms with Crippen LogP contribution in [0.4, 0.5) is 17.2 Å². The Morgan fingerprint density at radius 2 is 2.00 bits per heavy atom. The van der Waals surface area contributed by atoms with Gasteiger partial charge in [-0.05, 0) is 43.2 Å². The van der Waals surface area contributed by atoms with Crippen molar-refractivity contribution in [2.24, 2.45) is 5.92 Å². The first-order valence-electron chi connectivity index (χ1n) is 7.58. The molecule has 120 valence electrons. The number of anilines is 3. The lowest BCUT2D eigenvalue weighted by Crippen LogP contribution is -2.28. The molecule has 1 fully saturated rings. The fraction of sp³-hybridized carbons (Fsp3) is 0.294. The van der Waals surface area contributed by atoms with Crippen molar-refractivity contribution < 1.29 is 9.53 Å². The summed E-state index contributed by atoms with van der Waals surface area (Å²) in [6.07, 6.45) is 3.25. The average Bonchev–Trinajstić information content (AvgIpc) is 2.57. The number of carbonyl (C=O) groups excluding carboxylic acids is 1. The van der Waals surface area contributed by atoms with Crippen molar-refractivity contribution in [2.45, 2.75) is 12.8 Å². The minimum Gasteiger partial charge on any atom is -0.381 e. The molecule has 0 bridgehead atoms. The Morgan fingerprint density at radius 3 is 2.70 bits per heavy atom. The molecular weight excluding hydrogens is 358 g/mol. The summed E-state index contributed by atoms with van der Waals surface area (Å²) < 4.78 is 6.28. The molecule has 0 aliphatic carbocycles. The molecule has 1 aliphatic rings. The molecule has 1 aromatic heterocycles. The van der Waals surface area contributed by atoms with Crippen LogP contribution in [0.15, 0.2) is 47.1 Å². The SMILES string of the molecule is O=C(Nc1ccc(Nc2cccc(Br)c2)cn1)C1CCOCC1. The van der Waals surface area contributed by atoms with Gasteiger partial charge in [0.1, 0.15) is 5.82 Å². The molecule has 2 heterocycles. The second-order valence-electron chi connectivity index (χ2n) is 5.44. The monoisotopic (exact) mass is 375 g/mol. The van der Waals surface area contributed by atoms with Crippen LogP contribution in [0.5, 0.6) is 0 Å². The summed E-state index contributed by atoms with van der Waals surface area (Å²) >= 11 is 3.44. The summed E-state index contributed by atoms with van der Waals surface area (Å²) in [7, 11) is 0.